The van der Waals surface area contributed by atoms with E-state index in [2.05, 4.69) is 31.3 Å². The Labute approximate surface area is 361 Å². The molecule has 1 heterocycles. The van der Waals surface area contributed by atoms with Gasteiger partial charge in [0.15, 0.2) is 6.29 Å². The Morgan fingerprint density at radius 1 is 0.576 bits per heavy atom. The molecule has 0 spiro atoms. The quantitative estimate of drug-likeness (QED) is 0.0234. The first kappa shape index (κ1) is 55.6. The predicted molar refractivity (Wildman–Crippen MR) is 241 cm³/mol. The van der Waals surface area contributed by atoms with E-state index in [9.17, 15) is 35.4 Å². The maximum absolute atomic E-state index is 13.1. The number of allylic oxidation sites excluding steroid dienone is 3. The van der Waals surface area contributed by atoms with Crippen molar-refractivity contribution in [2.24, 2.45) is 0 Å². The molecule has 0 saturated carbocycles. The Morgan fingerprint density at radius 3 is 1.42 bits per heavy atom. The third kappa shape index (κ3) is 29.5. The molecule has 7 N–H and O–H groups in total. The second-order valence-corrected chi connectivity index (χ2v) is 17.4. The molecule has 1 aliphatic rings. The highest BCUT2D eigenvalue weighted by molar-refractivity contribution is 5.80. The van der Waals surface area contributed by atoms with E-state index in [0.29, 0.717) is 12.8 Å². The molecule has 0 aliphatic carbocycles. The highest BCUT2D eigenvalue weighted by Crippen LogP contribution is 2.23. The highest BCUT2D eigenvalue weighted by atomic mass is 16.7. The number of carbonyl (C=O) groups is 1. The molecule has 1 saturated heterocycles. The van der Waals surface area contributed by atoms with Crippen LogP contribution in [0.25, 0.3) is 0 Å². The molecular formula is C49H93NO9. The Morgan fingerprint density at radius 2 is 0.983 bits per heavy atom. The van der Waals surface area contributed by atoms with Gasteiger partial charge in [-0.1, -0.05) is 199 Å². The van der Waals surface area contributed by atoms with Crippen molar-refractivity contribution in [2.75, 3.05) is 13.2 Å². The van der Waals surface area contributed by atoms with E-state index < -0.39 is 61.5 Å². The van der Waals surface area contributed by atoms with E-state index >= 15 is 0 Å². The SMILES string of the molecule is CCCCCCCCCCC/C=C\CCCCCCCCC(O)C(=O)NC(COC1OC(CO)C(O)C(O)C1O)C(O)/C=C/CCCCCCCCCCCCCCC. The number of hydrogen-bond acceptors (Lipinski definition) is 9. The van der Waals surface area contributed by atoms with E-state index in [0.717, 1.165) is 44.9 Å². The van der Waals surface area contributed by atoms with Gasteiger partial charge < -0.3 is 45.4 Å². The highest BCUT2D eigenvalue weighted by Gasteiger charge is 2.44. The number of ether oxygens (including phenoxy) is 2. The van der Waals surface area contributed by atoms with E-state index in [1.807, 2.05) is 6.08 Å². The molecule has 0 aromatic carbocycles. The zero-order valence-corrected chi connectivity index (χ0v) is 37.9. The molecule has 0 aromatic heterocycles. The van der Waals surface area contributed by atoms with Gasteiger partial charge in [0.05, 0.1) is 25.4 Å². The van der Waals surface area contributed by atoms with Crippen LogP contribution < -0.4 is 5.32 Å². The molecule has 1 aliphatic heterocycles. The summed E-state index contributed by atoms with van der Waals surface area (Å²) in [6.07, 6.45) is 36.9. The number of rotatable bonds is 41. The van der Waals surface area contributed by atoms with E-state index in [1.165, 1.54) is 148 Å². The van der Waals surface area contributed by atoms with Crippen LogP contribution >= 0.6 is 0 Å². The molecule has 348 valence electrons. The van der Waals surface area contributed by atoms with Crippen molar-refractivity contribution in [1.82, 2.24) is 5.32 Å². The fraction of sp³-hybridized carbons (Fsp3) is 0.898. The van der Waals surface area contributed by atoms with Crippen molar-refractivity contribution < 1.29 is 44.9 Å². The number of hydrogen-bond donors (Lipinski definition) is 7. The Hall–Kier alpha value is -1.37. The third-order valence-corrected chi connectivity index (χ3v) is 11.9. The van der Waals surface area contributed by atoms with Crippen LogP contribution in [0.4, 0.5) is 0 Å². The number of aliphatic hydroxyl groups excluding tert-OH is 6. The first-order valence-electron chi connectivity index (χ1n) is 24.7. The Balaban J connectivity index is 2.38. The minimum atomic E-state index is -1.61. The van der Waals surface area contributed by atoms with Gasteiger partial charge in [0.2, 0.25) is 5.91 Å². The zero-order valence-electron chi connectivity index (χ0n) is 37.9. The van der Waals surface area contributed by atoms with Crippen LogP contribution in [0.1, 0.15) is 219 Å². The summed E-state index contributed by atoms with van der Waals surface area (Å²) in [4.78, 5) is 13.1. The summed E-state index contributed by atoms with van der Waals surface area (Å²) in [5.41, 5.74) is 0. The molecule has 10 heteroatoms. The fourth-order valence-electron chi connectivity index (χ4n) is 7.80. The molecule has 1 rings (SSSR count). The van der Waals surface area contributed by atoms with Gasteiger partial charge in [0.25, 0.3) is 0 Å². The summed E-state index contributed by atoms with van der Waals surface area (Å²) in [7, 11) is 0. The molecular weight excluding hydrogens is 747 g/mol. The standard InChI is InChI=1S/C49H93NO9/c1-3-5-7-9-11-13-15-17-19-20-21-22-24-26-28-30-32-34-36-38-43(53)48(57)50-41(40-58-49-47(56)46(55)45(54)44(39-51)59-49)42(52)37-35-33-31-29-27-25-23-18-16-14-12-10-8-6-4-2/h21-22,35,37,41-47,49,51-56H,3-20,23-34,36,38-40H2,1-2H3,(H,50,57)/b22-21-,37-35+. The van der Waals surface area contributed by atoms with Crippen molar-refractivity contribution in [3.05, 3.63) is 24.3 Å². The summed E-state index contributed by atoms with van der Waals surface area (Å²) in [6.45, 7) is 3.61. The maximum atomic E-state index is 13.1. The van der Waals surface area contributed by atoms with Crippen LogP contribution in [-0.2, 0) is 14.3 Å². The number of unbranched alkanes of at least 4 members (excludes halogenated alkanes) is 28. The summed E-state index contributed by atoms with van der Waals surface area (Å²) in [5, 5.41) is 64.7. The fourth-order valence-corrected chi connectivity index (χ4v) is 7.80. The predicted octanol–water partition coefficient (Wildman–Crippen LogP) is 9.64. The number of aliphatic hydroxyl groups is 6. The average molecular weight is 840 g/mol. The second-order valence-electron chi connectivity index (χ2n) is 17.4. The number of amides is 1. The molecule has 0 radical (unpaired) electrons. The van der Waals surface area contributed by atoms with Gasteiger partial charge in [0.1, 0.15) is 30.5 Å². The Kier molecular flexibility index (Phi) is 37.2. The monoisotopic (exact) mass is 840 g/mol. The molecule has 1 amide bonds. The lowest BCUT2D eigenvalue weighted by molar-refractivity contribution is -0.302. The van der Waals surface area contributed by atoms with Crippen LogP contribution in [0.15, 0.2) is 24.3 Å². The average Bonchev–Trinajstić information content (AvgIpc) is 3.23. The van der Waals surface area contributed by atoms with Gasteiger partial charge in [-0.25, -0.2) is 0 Å². The topological polar surface area (TPSA) is 169 Å². The molecule has 0 bridgehead atoms. The normalized spacial score (nSPS) is 21.4. The summed E-state index contributed by atoms with van der Waals surface area (Å²) < 4.78 is 11.1. The van der Waals surface area contributed by atoms with Crippen molar-refractivity contribution in [3.63, 3.8) is 0 Å². The van der Waals surface area contributed by atoms with Crippen LogP contribution in [0.5, 0.6) is 0 Å². The molecule has 59 heavy (non-hydrogen) atoms. The van der Waals surface area contributed by atoms with Crippen molar-refractivity contribution in [3.8, 4) is 0 Å². The van der Waals surface area contributed by atoms with Crippen LogP contribution in [0.3, 0.4) is 0 Å². The maximum Gasteiger partial charge on any atom is 0.249 e. The molecule has 0 aromatic rings. The van der Waals surface area contributed by atoms with Gasteiger partial charge in [-0.3, -0.25) is 4.79 Å². The van der Waals surface area contributed by atoms with Crippen molar-refractivity contribution in [2.45, 2.75) is 268 Å². The van der Waals surface area contributed by atoms with E-state index in [4.69, 9.17) is 9.47 Å². The number of carbonyl (C=O) groups excluding carboxylic acids is 1. The lowest BCUT2D eigenvalue weighted by atomic mass is 9.99. The first-order chi connectivity index (χ1) is 28.8. The van der Waals surface area contributed by atoms with Gasteiger partial charge in [0, 0.05) is 0 Å². The summed E-state index contributed by atoms with van der Waals surface area (Å²) >= 11 is 0. The van der Waals surface area contributed by atoms with Crippen LogP contribution in [0.2, 0.25) is 0 Å². The van der Waals surface area contributed by atoms with Crippen LogP contribution in [-0.4, -0.2) is 98.7 Å². The van der Waals surface area contributed by atoms with E-state index in [1.54, 1.807) is 6.08 Å². The Bertz CT molecular complexity index is 995. The lowest BCUT2D eigenvalue weighted by Crippen LogP contribution is -2.60. The molecule has 10 nitrogen and oxygen atoms in total. The minimum Gasteiger partial charge on any atom is -0.394 e. The summed E-state index contributed by atoms with van der Waals surface area (Å²) in [6, 6.07) is -0.980. The van der Waals surface area contributed by atoms with Gasteiger partial charge in [-0.05, 0) is 44.9 Å². The first-order valence-corrected chi connectivity index (χ1v) is 24.7. The van der Waals surface area contributed by atoms with Gasteiger partial charge >= 0.3 is 0 Å². The molecule has 8 atom stereocenters. The zero-order chi connectivity index (χ0) is 43.2. The number of nitrogens with one attached hydrogen (secondary N) is 1. The molecule has 8 unspecified atom stereocenters. The van der Waals surface area contributed by atoms with Crippen molar-refractivity contribution in [1.29, 1.82) is 0 Å². The lowest BCUT2D eigenvalue weighted by Gasteiger charge is -2.40. The van der Waals surface area contributed by atoms with Gasteiger partial charge in [-0.2, -0.15) is 0 Å². The van der Waals surface area contributed by atoms with E-state index in [-0.39, 0.29) is 6.61 Å². The summed E-state index contributed by atoms with van der Waals surface area (Å²) in [5.74, 6) is -0.620. The van der Waals surface area contributed by atoms with Crippen molar-refractivity contribution >= 4 is 5.91 Å². The third-order valence-electron chi connectivity index (χ3n) is 11.9. The smallest absolute Gasteiger partial charge is 0.249 e. The van der Waals surface area contributed by atoms with Gasteiger partial charge in [-0.15, -0.1) is 0 Å². The second kappa shape index (κ2) is 39.5. The van der Waals surface area contributed by atoms with Crippen LogP contribution in [0, 0.1) is 0 Å². The largest absolute Gasteiger partial charge is 0.394 e. The minimum absolute atomic E-state index is 0.304. The molecule has 1 fully saturated rings.